The minimum atomic E-state index is -0.850. The van der Waals surface area contributed by atoms with Crippen LogP contribution in [0.25, 0.3) is 0 Å². The summed E-state index contributed by atoms with van der Waals surface area (Å²) in [6.07, 6.45) is 1.05. The molecule has 0 spiro atoms. The van der Waals surface area contributed by atoms with Crippen molar-refractivity contribution in [1.29, 1.82) is 0 Å². The van der Waals surface area contributed by atoms with Gasteiger partial charge in [0.15, 0.2) is 0 Å². The maximum Gasteiger partial charge on any atom is 0.317 e. The predicted octanol–water partition coefficient (Wildman–Crippen LogP) is 2.92. The highest BCUT2D eigenvalue weighted by atomic mass is 16.5. The van der Waals surface area contributed by atoms with Crippen LogP contribution in [0.4, 0.5) is 4.79 Å². The Labute approximate surface area is 155 Å². The summed E-state index contributed by atoms with van der Waals surface area (Å²) in [7, 11) is 0. The third-order valence-electron chi connectivity index (χ3n) is 4.68. The van der Waals surface area contributed by atoms with Gasteiger partial charge in [-0.05, 0) is 23.8 Å². The Morgan fingerprint density at radius 2 is 2.00 bits per heavy atom. The van der Waals surface area contributed by atoms with Crippen molar-refractivity contribution in [1.82, 2.24) is 10.2 Å². The maximum atomic E-state index is 12.7. The molecule has 1 aliphatic rings. The summed E-state index contributed by atoms with van der Waals surface area (Å²) in [6.45, 7) is 7.92. The van der Waals surface area contributed by atoms with Gasteiger partial charge in [-0.15, -0.1) is 0 Å². The Balaban J connectivity index is 1.99. The largest absolute Gasteiger partial charge is 0.481 e. The van der Waals surface area contributed by atoms with Crippen molar-refractivity contribution in [3.05, 3.63) is 35.9 Å². The first-order valence-corrected chi connectivity index (χ1v) is 9.18. The normalized spacial score (nSPS) is 19.0. The third-order valence-corrected chi connectivity index (χ3v) is 4.68. The van der Waals surface area contributed by atoms with E-state index in [1.54, 1.807) is 4.90 Å². The van der Waals surface area contributed by atoms with Gasteiger partial charge in [0.1, 0.15) is 0 Å². The summed E-state index contributed by atoms with van der Waals surface area (Å²) in [5.74, 6) is -0.850. The van der Waals surface area contributed by atoms with E-state index in [9.17, 15) is 9.59 Å². The molecule has 1 heterocycles. The molecule has 2 unspecified atom stereocenters. The molecular formula is C20H30N2O4. The molecule has 0 saturated carbocycles. The highest BCUT2D eigenvalue weighted by molar-refractivity contribution is 5.75. The third kappa shape index (κ3) is 6.33. The van der Waals surface area contributed by atoms with Crippen LogP contribution >= 0.6 is 0 Å². The molecule has 1 aromatic carbocycles. The number of hydrogen-bond donors (Lipinski definition) is 2. The molecule has 0 bridgehead atoms. The van der Waals surface area contributed by atoms with Crippen LogP contribution in [0, 0.1) is 5.41 Å². The average Bonchev–Trinajstić information content (AvgIpc) is 2.60. The molecule has 2 N–H and O–H groups in total. The van der Waals surface area contributed by atoms with Crippen molar-refractivity contribution in [3.63, 3.8) is 0 Å². The second kappa shape index (κ2) is 9.03. The molecule has 2 amide bonds. The first-order chi connectivity index (χ1) is 12.3. The van der Waals surface area contributed by atoms with Crippen molar-refractivity contribution < 1.29 is 19.4 Å². The second-order valence-corrected chi connectivity index (χ2v) is 7.94. The molecule has 2 atom stereocenters. The first kappa shape index (κ1) is 20.2. The number of morpholine rings is 1. The summed E-state index contributed by atoms with van der Waals surface area (Å²) in [4.78, 5) is 25.5. The van der Waals surface area contributed by atoms with Gasteiger partial charge in [0.2, 0.25) is 0 Å². The van der Waals surface area contributed by atoms with E-state index in [1.165, 1.54) is 0 Å². The number of aliphatic carboxylic acids is 1. The lowest BCUT2D eigenvalue weighted by atomic mass is 9.88. The van der Waals surface area contributed by atoms with Gasteiger partial charge in [0.05, 0.1) is 12.7 Å². The summed E-state index contributed by atoms with van der Waals surface area (Å²) in [6, 6.07) is 9.46. The number of ether oxygens (including phenoxy) is 1. The quantitative estimate of drug-likeness (QED) is 0.815. The number of hydrogen-bond acceptors (Lipinski definition) is 3. The van der Waals surface area contributed by atoms with Crippen molar-refractivity contribution in [3.8, 4) is 0 Å². The van der Waals surface area contributed by atoms with Crippen LogP contribution in [-0.2, 0) is 16.0 Å². The Kier molecular flexibility index (Phi) is 7.03. The zero-order chi connectivity index (χ0) is 19.2. The van der Waals surface area contributed by atoms with Crippen molar-refractivity contribution in [2.24, 2.45) is 5.41 Å². The Morgan fingerprint density at radius 1 is 1.31 bits per heavy atom. The standard InChI is InChI=1S/C20H30N2O4/c1-20(2,3)17-14-22(11-12-26-17)19(25)21-16(9-10-18(23)24)13-15-7-5-4-6-8-15/h4-8,16-17H,9-14H2,1-3H3,(H,21,25)(H,23,24). The number of rotatable bonds is 6. The van der Waals surface area contributed by atoms with E-state index >= 15 is 0 Å². The van der Waals surface area contributed by atoms with Crippen molar-refractivity contribution >= 4 is 12.0 Å². The number of benzene rings is 1. The number of amides is 2. The minimum Gasteiger partial charge on any atom is -0.481 e. The van der Waals surface area contributed by atoms with Crippen LogP contribution in [0.2, 0.25) is 0 Å². The lowest BCUT2D eigenvalue weighted by molar-refractivity contribution is -0.137. The zero-order valence-corrected chi connectivity index (χ0v) is 15.9. The van der Waals surface area contributed by atoms with E-state index in [0.717, 1.165) is 5.56 Å². The molecule has 1 saturated heterocycles. The van der Waals surface area contributed by atoms with Gasteiger partial charge >= 0.3 is 12.0 Å². The molecule has 1 aliphatic heterocycles. The zero-order valence-electron chi connectivity index (χ0n) is 15.9. The number of carbonyl (C=O) groups is 2. The molecule has 0 radical (unpaired) electrons. The fourth-order valence-electron chi connectivity index (χ4n) is 3.05. The van der Waals surface area contributed by atoms with Gasteiger partial charge in [-0.1, -0.05) is 51.1 Å². The van der Waals surface area contributed by atoms with Crippen LogP contribution in [0.3, 0.4) is 0 Å². The molecular weight excluding hydrogens is 332 g/mol. The Hall–Kier alpha value is -2.08. The fourth-order valence-corrected chi connectivity index (χ4v) is 3.05. The molecule has 1 fully saturated rings. The summed E-state index contributed by atoms with van der Waals surface area (Å²) in [5, 5.41) is 12.0. The molecule has 1 aromatic rings. The highest BCUT2D eigenvalue weighted by Crippen LogP contribution is 2.25. The van der Waals surface area contributed by atoms with Crippen LogP contribution in [0.1, 0.15) is 39.2 Å². The predicted molar refractivity (Wildman–Crippen MR) is 100 cm³/mol. The van der Waals surface area contributed by atoms with E-state index in [2.05, 4.69) is 26.1 Å². The lowest BCUT2D eigenvalue weighted by Gasteiger charge is -2.40. The van der Waals surface area contributed by atoms with Gasteiger partial charge in [0.25, 0.3) is 0 Å². The molecule has 0 aliphatic carbocycles. The number of carbonyl (C=O) groups excluding carboxylic acids is 1. The average molecular weight is 362 g/mol. The van der Waals surface area contributed by atoms with E-state index in [0.29, 0.717) is 32.5 Å². The van der Waals surface area contributed by atoms with E-state index in [-0.39, 0.29) is 30.0 Å². The lowest BCUT2D eigenvalue weighted by Crippen LogP contribution is -2.54. The molecule has 6 nitrogen and oxygen atoms in total. The first-order valence-electron chi connectivity index (χ1n) is 9.18. The van der Waals surface area contributed by atoms with Crippen LogP contribution in [-0.4, -0.2) is 53.8 Å². The number of carboxylic acids is 1. The number of nitrogens with zero attached hydrogens (tertiary/aromatic N) is 1. The molecule has 2 rings (SSSR count). The van der Waals surface area contributed by atoms with Gasteiger partial charge in [0, 0.05) is 25.6 Å². The Bertz CT molecular complexity index is 598. The second-order valence-electron chi connectivity index (χ2n) is 7.94. The molecule has 6 heteroatoms. The van der Waals surface area contributed by atoms with Crippen molar-refractivity contribution in [2.45, 2.75) is 52.2 Å². The molecule has 0 aromatic heterocycles. The van der Waals surface area contributed by atoms with Crippen LogP contribution in [0.15, 0.2) is 30.3 Å². The van der Waals surface area contributed by atoms with Gasteiger partial charge in [-0.25, -0.2) is 4.79 Å². The highest BCUT2D eigenvalue weighted by Gasteiger charge is 2.33. The summed E-state index contributed by atoms with van der Waals surface area (Å²) in [5.41, 5.74) is 1.05. The number of nitrogens with one attached hydrogen (secondary N) is 1. The monoisotopic (exact) mass is 362 g/mol. The fraction of sp³-hybridized carbons (Fsp3) is 0.600. The number of carboxylic acid groups (broad SMARTS) is 1. The van der Waals surface area contributed by atoms with E-state index in [4.69, 9.17) is 9.84 Å². The van der Waals surface area contributed by atoms with Crippen LogP contribution in [0.5, 0.6) is 0 Å². The summed E-state index contributed by atoms with van der Waals surface area (Å²) >= 11 is 0. The Morgan fingerprint density at radius 3 is 2.62 bits per heavy atom. The topological polar surface area (TPSA) is 78.9 Å². The molecule has 26 heavy (non-hydrogen) atoms. The smallest absolute Gasteiger partial charge is 0.317 e. The minimum absolute atomic E-state index is 0.00593. The van der Waals surface area contributed by atoms with Crippen molar-refractivity contribution in [2.75, 3.05) is 19.7 Å². The van der Waals surface area contributed by atoms with E-state index < -0.39 is 5.97 Å². The maximum absolute atomic E-state index is 12.7. The van der Waals surface area contributed by atoms with E-state index in [1.807, 2.05) is 30.3 Å². The SMILES string of the molecule is CC(C)(C)C1CN(C(=O)NC(CCC(=O)O)Cc2ccccc2)CCO1. The summed E-state index contributed by atoms with van der Waals surface area (Å²) < 4.78 is 5.80. The van der Waals surface area contributed by atoms with Gasteiger partial charge in [-0.3, -0.25) is 4.79 Å². The van der Waals surface area contributed by atoms with Gasteiger partial charge in [-0.2, -0.15) is 0 Å². The van der Waals surface area contributed by atoms with Crippen LogP contribution < -0.4 is 5.32 Å². The molecule has 144 valence electrons. The number of urea groups is 1. The van der Waals surface area contributed by atoms with Gasteiger partial charge < -0.3 is 20.1 Å².